The Hall–Kier alpha value is -4.30. The predicted molar refractivity (Wildman–Crippen MR) is 167 cm³/mol. The van der Waals surface area contributed by atoms with Gasteiger partial charge >= 0.3 is 18.2 Å². The number of carboxylic acid groups (broad SMARTS) is 1. The first kappa shape index (κ1) is 34.0. The maximum atomic E-state index is 14.6. The molecule has 0 spiro atoms. The fraction of sp³-hybridized carbons (Fsp3) is 0.312. The maximum Gasteiger partial charge on any atom is 0.416 e. The number of amides is 2. The Morgan fingerprint density at radius 3 is 2.45 bits per heavy atom. The third kappa shape index (κ3) is 7.49. The molecule has 3 aromatic rings. The van der Waals surface area contributed by atoms with Crippen LogP contribution in [0.3, 0.4) is 0 Å². The van der Waals surface area contributed by atoms with Crippen LogP contribution >= 0.6 is 11.6 Å². The number of carbonyl (C=O) groups excluding carboxylic acids is 1. The number of carboxylic acids is 1. The highest BCUT2D eigenvalue weighted by molar-refractivity contribution is 7.92. The lowest BCUT2D eigenvalue weighted by molar-refractivity contribution is -0.143. The predicted octanol–water partition coefficient (Wildman–Crippen LogP) is 6.52. The van der Waals surface area contributed by atoms with Gasteiger partial charge in [-0.05, 0) is 73.4 Å². The summed E-state index contributed by atoms with van der Waals surface area (Å²) in [4.78, 5) is 24.9. The minimum Gasteiger partial charge on any atom is -0.484 e. The molecule has 0 saturated carbocycles. The van der Waals surface area contributed by atoms with E-state index in [1.807, 2.05) is 0 Å². The summed E-state index contributed by atoms with van der Waals surface area (Å²) in [5.41, 5.74) is -0.0898. The van der Waals surface area contributed by atoms with Crippen molar-refractivity contribution in [2.24, 2.45) is 5.92 Å². The molecular formula is C32H30ClF4N3O6S. The molecule has 0 aromatic heterocycles. The van der Waals surface area contributed by atoms with E-state index in [-0.39, 0.29) is 48.2 Å². The first-order chi connectivity index (χ1) is 22.1. The molecule has 2 aliphatic heterocycles. The van der Waals surface area contributed by atoms with Crippen LogP contribution in [-0.2, 0) is 21.0 Å². The van der Waals surface area contributed by atoms with Crippen molar-refractivity contribution in [1.29, 1.82) is 0 Å². The van der Waals surface area contributed by atoms with E-state index in [2.05, 4.69) is 5.32 Å². The molecule has 1 atom stereocenters. The molecule has 1 fully saturated rings. The number of aliphatic carboxylic acids is 1. The lowest BCUT2D eigenvalue weighted by Gasteiger charge is -2.36. The van der Waals surface area contributed by atoms with Gasteiger partial charge in [0.15, 0.2) is 0 Å². The number of nitrogens with zero attached hydrogens (tertiary/aromatic N) is 2. The van der Waals surface area contributed by atoms with Crippen molar-refractivity contribution < 1.29 is 45.4 Å². The molecule has 2 heterocycles. The number of fused-ring (bicyclic) bond motifs is 1. The Bertz CT molecular complexity index is 1810. The minimum absolute atomic E-state index is 0.0295. The van der Waals surface area contributed by atoms with Crippen LogP contribution in [0.2, 0.25) is 5.02 Å². The number of piperidine rings is 1. The normalized spacial score (nSPS) is 17.6. The number of carbonyl (C=O) groups is 2. The number of anilines is 1. The van der Waals surface area contributed by atoms with Crippen LogP contribution in [0.1, 0.15) is 36.5 Å². The van der Waals surface area contributed by atoms with Crippen LogP contribution in [0.25, 0.3) is 11.6 Å². The number of alkyl halides is 3. The van der Waals surface area contributed by atoms with Crippen LogP contribution in [-0.4, -0.2) is 62.7 Å². The third-order valence-electron chi connectivity index (χ3n) is 8.02. The molecule has 250 valence electrons. The number of halogens is 5. The van der Waals surface area contributed by atoms with Gasteiger partial charge < -0.3 is 20.1 Å². The van der Waals surface area contributed by atoms with E-state index in [1.165, 1.54) is 35.2 Å². The molecule has 47 heavy (non-hydrogen) atoms. The van der Waals surface area contributed by atoms with E-state index in [0.29, 0.717) is 30.0 Å². The van der Waals surface area contributed by atoms with Gasteiger partial charge in [0.2, 0.25) is 0 Å². The summed E-state index contributed by atoms with van der Waals surface area (Å²) >= 11 is 6.21. The second kappa shape index (κ2) is 13.4. The number of likely N-dealkylation sites (tertiary alicyclic amines) is 1. The molecule has 15 heteroatoms. The first-order valence-electron chi connectivity index (χ1n) is 14.5. The largest absolute Gasteiger partial charge is 0.484 e. The molecule has 0 aliphatic carbocycles. The highest BCUT2D eigenvalue weighted by Gasteiger charge is 2.37. The van der Waals surface area contributed by atoms with Crippen LogP contribution in [0.15, 0.2) is 65.6 Å². The van der Waals surface area contributed by atoms with Crippen molar-refractivity contribution in [1.82, 2.24) is 10.2 Å². The van der Waals surface area contributed by atoms with E-state index in [4.69, 9.17) is 16.3 Å². The maximum absolute atomic E-state index is 14.6. The standard InChI is InChI=1S/C32H30ClF4N3O6S/c1-19(29-25(33)6-3-7-26(29)34)14-20-8-9-28-27(15-20)40(47(44,45)24-5-2-4-22(16-24)32(35,36)37)18-23(46-28)17-38-31(43)39-12-10-21(11-13-39)30(41)42/h2-9,14-16,21,23H,10-13,17-18H2,1H3,(H,38,43)(H,41,42)/b19-14+/t23-/m0/s1. The van der Waals surface area contributed by atoms with Crippen LogP contribution in [0, 0.1) is 11.7 Å². The Morgan fingerprint density at radius 1 is 1.09 bits per heavy atom. The number of ether oxygens (including phenoxy) is 1. The van der Waals surface area contributed by atoms with Crippen molar-refractivity contribution in [2.45, 2.75) is 36.9 Å². The molecule has 2 amide bonds. The highest BCUT2D eigenvalue weighted by Crippen LogP contribution is 2.40. The average Bonchev–Trinajstić information content (AvgIpc) is 3.03. The second-order valence-corrected chi connectivity index (χ2v) is 13.5. The second-order valence-electron chi connectivity index (χ2n) is 11.2. The van der Waals surface area contributed by atoms with Crippen LogP contribution in [0.4, 0.5) is 28.0 Å². The molecule has 9 nitrogen and oxygen atoms in total. The summed E-state index contributed by atoms with van der Waals surface area (Å²) in [5.74, 6) is -1.94. The number of sulfonamides is 1. The molecule has 3 aromatic carbocycles. The third-order valence-corrected chi connectivity index (χ3v) is 10.1. The van der Waals surface area contributed by atoms with Crippen molar-refractivity contribution in [2.75, 3.05) is 30.5 Å². The number of hydrogen-bond acceptors (Lipinski definition) is 5. The number of urea groups is 1. The summed E-state index contributed by atoms with van der Waals surface area (Å²) < 4.78 is 90.0. The smallest absolute Gasteiger partial charge is 0.416 e. The Balaban J connectivity index is 1.46. The van der Waals surface area contributed by atoms with Crippen molar-refractivity contribution in [3.05, 3.63) is 88.2 Å². The lowest BCUT2D eigenvalue weighted by Crippen LogP contribution is -2.51. The van der Waals surface area contributed by atoms with E-state index < -0.39 is 56.5 Å². The van der Waals surface area contributed by atoms with E-state index >= 15 is 0 Å². The summed E-state index contributed by atoms with van der Waals surface area (Å²) in [6.45, 7) is 1.55. The number of benzene rings is 3. The number of nitrogens with one attached hydrogen (secondary N) is 1. The van der Waals surface area contributed by atoms with E-state index in [0.717, 1.165) is 22.5 Å². The van der Waals surface area contributed by atoms with Gasteiger partial charge in [0.25, 0.3) is 10.0 Å². The lowest BCUT2D eigenvalue weighted by atomic mass is 9.97. The van der Waals surface area contributed by atoms with Gasteiger partial charge in [-0.15, -0.1) is 0 Å². The molecule has 2 N–H and O–H groups in total. The highest BCUT2D eigenvalue weighted by atomic mass is 35.5. The quantitative estimate of drug-likeness (QED) is 0.215. The topological polar surface area (TPSA) is 116 Å². The number of allylic oxidation sites excluding steroid dienone is 1. The molecule has 5 rings (SSSR count). The summed E-state index contributed by atoms with van der Waals surface area (Å²) in [6, 6.07) is 11.7. The van der Waals surface area contributed by atoms with Gasteiger partial charge in [0, 0.05) is 18.7 Å². The summed E-state index contributed by atoms with van der Waals surface area (Å²) in [5, 5.41) is 12.1. The fourth-order valence-corrected chi connectivity index (χ4v) is 7.41. The fourth-order valence-electron chi connectivity index (χ4n) is 5.55. The van der Waals surface area contributed by atoms with Gasteiger partial charge in [-0.1, -0.05) is 35.9 Å². The van der Waals surface area contributed by atoms with Crippen LogP contribution in [0.5, 0.6) is 5.75 Å². The molecule has 0 unspecified atom stereocenters. The van der Waals surface area contributed by atoms with Gasteiger partial charge in [-0.25, -0.2) is 17.6 Å². The van der Waals surface area contributed by atoms with Crippen LogP contribution < -0.4 is 14.4 Å². The number of hydrogen-bond donors (Lipinski definition) is 2. The molecular weight excluding hydrogens is 666 g/mol. The van der Waals surface area contributed by atoms with Gasteiger partial charge in [-0.3, -0.25) is 9.10 Å². The zero-order chi connectivity index (χ0) is 34.1. The molecule has 0 radical (unpaired) electrons. The average molecular weight is 696 g/mol. The van der Waals surface area contributed by atoms with Gasteiger partial charge in [0.1, 0.15) is 17.7 Å². The first-order valence-corrected chi connectivity index (χ1v) is 16.4. The van der Waals surface area contributed by atoms with Crippen molar-refractivity contribution in [3.63, 3.8) is 0 Å². The Morgan fingerprint density at radius 2 is 1.79 bits per heavy atom. The van der Waals surface area contributed by atoms with Crippen molar-refractivity contribution in [3.8, 4) is 5.75 Å². The van der Waals surface area contributed by atoms with Crippen molar-refractivity contribution >= 4 is 51.0 Å². The van der Waals surface area contributed by atoms with E-state index in [1.54, 1.807) is 19.1 Å². The molecule has 0 bridgehead atoms. The zero-order valence-electron chi connectivity index (χ0n) is 24.9. The van der Waals surface area contributed by atoms with Gasteiger partial charge in [0.05, 0.1) is 40.2 Å². The SMILES string of the molecule is C/C(=C\c1ccc2c(c1)N(S(=O)(=O)c1cccc(C(F)(F)F)c1)C[C@H](CNC(=O)N1CCC(C(=O)O)CC1)O2)c1c(F)cccc1Cl. The Labute approximate surface area is 273 Å². The zero-order valence-corrected chi connectivity index (χ0v) is 26.5. The minimum atomic E-state index is -4.79. The molecule has 1 saturated heterocycles. The monoisotopic (exact) mass is 695 g/mol. The molecule has 2 aliphatic rings. The summed E-state index contributed by atoms with van der Waals surface area (Å²) in [7, 11) is -4.60. The number of rotatable bonds is 7. The van der Waals surface area contributed by atoms with Gasteiger partial charge in [-0.2, -0.15) is 13.2 Å². The summed E-state index contributed by atoms with van der Waals surface area (Å²) in [6.07, 6.45) is -3.57. The Kier molecular flexibility index (Phi) is 9.73. The van der Waals surface area contributed by atoms with E-state index in [9.17, 15) is 40.7 Å².